The van der Waals surface area contributed by atoms with Gasteiger partial charge in [-0.15, -0.1) is 11.8 Å². The van der Waals surface area contributed by atoms with Crippen LogP contribution in [-0.4, -0.2) is 40.7 Å². The molecule has 2 amide bonds. The summed E-state index contributed by atoms with van der Waals surface area (Å²) in [6.45, 7) is 4.46. The molecule has 1 aliphatic carbocycles. The zero-order valence-electron chi connectivity index (χ0n) is 17.0. The molecule has 1 aromatic carbocycles. The van der Waals surface area contributed by atoms with Crippen molar-refractivity contribution in [1.29, 1.82) is 0 Å². The molecule has 1 aromatic rings. The zero-order chi connectivity index (χ0) is 19.9. The predicted molar refractivity (Wildman–Crippen MR) is 115 cm³/mol. The number of nitrogens with one attached hydrogen (secondary N) is 1. The monoisotopic (exact) mass is 404 g/mol. The molecule has 28 heavy (non-hydrogen) atoms. The molecule has 1 aliphatic heterocycles. The van der Waals surface area contributed by atoms with Crippen molar-refractivity contribution >= 4 is 29.4 Å². The molecule has 1 saturated carbocycles. The molecular weight excluding hydrogens is 372 g/mol. The van der Waals surface area contributed by atoms with E-state index in [1.807, 2.05) is 31.2 Å². The van der Waals surface area contributed by atoms with Crippen molar-refractivity contribution in [3.63, 3.8) is 0 Å². The van der Waals surface area contributed by atoms with Crippen LogP contribution in [0.5, 0.6) is 0 Å². The van der Waals surface area contributed by atoms with Gasteiger partial charge < -0.3 is 10.1 Å². The van der Waals surface area contributed by atoms with Gasteiger partial charge in [-0.05, 0) is 43.2 Å². The molecule has 2 atom stereocenters. The van der Waals surface area contributed by atoms with Crippen molar-refractivity contribution in [3.8, 4) is 0 Å². The molecule has 154 valence electrons. The van der Waals surface area contributed by atoms with E-state index in [4.69, 9.17) is 4.74 Å². The van der Waals surface area contributed by atoms with E-state index in [-0.39, 0.29) is 17.4 Å². The summed E-state index contributed by atoms with van der Waals surface area (Å²) in [5.74, 6) is 0.800. The molecule has 0 spiro atoms. The summed E-state index contributed by atoms with van der Waals surface area (Å²) in [4.78, 5) is 27.8. The third kappa shape index (κ3) is 4.83. The van der Waals surface area contributed by atoms with Crippen LogP contribution in [-0.2, 0) is 16.0 Å². The average molecular weight is 405 g/mol. The summed E-state index contributed by atoms with van der Waals surface area (Å²) < 4.78 is 5.41. The Bertz CT molecular complexity index is 676. The number of para-hydroxylation sites is 1. The Morgan fingerprint density at radius 1 is 1.18 bits per heavy atom. The summed E-state index contributed by atoms with van der Waals surface area (Å²) in [6.07, 6.45) is 7.58. The number of hydrogen-bond acceptors (Lipinski definition) is 4. The highest BCUT2D eigenvalue weighted by molar-refractivity contribution is 8.00. The first kappa shape index (κ1) is 21.0. The first-order chi connectivity index (χ1) is 13.7. The maximum atomic E-state index is 13.3. The number of thioether (sulfide) groups is 1. The number of esters is 1. The Morgan fingerprint density at radius 3 is 2.64 bits per heavy atom. The number of carbonyl (C=O) groups is 2. The molecular formula is C22H32N2O3S. The highest BCUT2D eigenvalue weighted by Crippen LogP contribution is 2.41. The second-order valence-corrected chi connectivity index (χ2v) is 8.80. The number of ether oxygens (including phenoxy) is 1. The number of aryl methyl sites for hydroxylation is 1. The molecule has 5 nitrogen and oxygen atoms in total. The SMILES string of the molecule is CCCOC(=O)[C@H]1CS[C@H](C2CCCCC2)N1C(=O)Nc1ccccc1CC. The van der Waals surface area contributed by atoms with Crippen LogP contribution >= 0.6 is 11.8 Å². The molecule has 6 heteroatoms. The minimum atomic E-state index is -0.503. The van der Waals surface area contributed by atoms with Gasteiger partial charge in [0.15, 0.2) is 0 Å². The quantitative estimate of drug-likeness (QED) is 0.674. The molecule has 0 aromatic heterocycles. The van der Waals surface area contributed by atoms with Gasteiger partial charge in [-0.1, -0.05) is 51.3 Å². The van der Waals surface area contributed by atoms with Crippen molar-refractivity contribution in [1.82, 2.24) is 4.90 Å². The van der Waals surface area contributed by atoms with E-state index in [2.05, 4.69) is 12.2 Å². The van der Waals surface area contributed by atoms with Crippen LogP contribution in [0.25, 0.3) is 0 Å². The normalized spacial score (nSPS) is 22.9. The van der Waals surface area contributed by atoms with Gasteiger partial charge in [0.2, 0.25) is 0 Å². The van der Waals surface area contributed by atoms with Crippen LogP contribution in [0, 0.1) is 5.92 Å². The van der Waals surface area contributed by atoms with Gasteiger partial charge in [0.1, 0.15) is 6.04 Å². The number of amides is 2. The van der Waals surface area contributed by atoms with Crippen molar-refractivity contribution in [2.45, 2.75) is 70.2 Å². The Morgan fingerprint density at radius 2 is 1.93 bits per heavy atom. The van der Waals surface area contributed by atoms with Gasteiger partial charge in [0.25, 0.3) is 0 Å². The van der Waals surface area contributed by atoms with Crippen LogP contribution in [0.15, 0.2) is 24.3 Å². The van der Waals surface area contributed by atoms with Gasteiger partial charge in [-0.25, -0.2) is 9.59 Å². The van der Waals surface area contributed by atoms with Crippen molar-refractivity contribution in [2.75, 3.05) is 17.7 Å². The highest BCUT2D eigenvalue weighted by atomic mass is 32.2. The molecule has 2 fully saturated rings. The smallest absolute Gasteiger partial charge is 0.329 e. The number of benzene rings is 1. The van der Waals surface area contributed by atoms with E-state index in [0.717, 1.165) is 36.9 Å². The van der Waals surface area contributed by atoms with Crippen LogP contribution in [0.4, 0.5) is 10.5 Å². The second-order valence-electron chi connectivity index (χ2n) is 7.65. The Hall–Kier alpha value is -1.69. The van der Waals surface area contributed by atoms with E-state index in [1.165, 1.54) is 19.3 Å². The second kappa shape index (κ2) is 10.2. The number of nitrogens with zero attached hydrogens (tertiary/aromatic N) is 1. The Balaban J connectivity index is 1.80. The van der Waals surface area contributed by atoms with E-state index in [1.54, 1.807) is 16.7 Å². The number of carbonyl (C=O) groups excluding carboxylic acids is 2. The van der Waals surface area contributed by atoms with E-state index in [9.17, 15) is 9.59 Å². The van der Waals surface area contributed by atoms with Crippen LogP contribution in [0.1, 0.15) is 57.9 Å². The lowest BCUT2D eigenvalue weighted by molar-refractivity contribution is -0.148. The van der Waals surface area contributed by atoms with Gasteiger partial charge in [-0.2, -0.15) is 0 Å². The number of anilines is 1. The lowest BCUT2D eigenvalue weighted by Crippen LogP contribution is -2.50. The first-order valence-corrected chi connectivity index (χ1v) is 11.7. The minimum absolute atomic E-state index is 0.0493. The summed E-state index contributed by atoms with van der Waals surface area (Å²) in [5, 5.41) is 3.13. The van der Waals surface area contributed by atoms with E-state index < -0.39 is 6.04 Å². The fourth-order valence-electron chi connectivity index (χ4n) is 4.18. The van der Waals surface area contributed by atoms with Crippen LogP contribution in [0.2, 0.25) is 0 Å². The van der Waals surface area contributed by atoms with Gasteiger partial charge in [0.05, 0.1) is 12.0 Å². The minimum Gasteiger partial charge on any atom is -0.464 e. The molecule has 0 bridgehead atoms. The summed E-state index contributed by atoms with van der Waals surface area (Å²) in [7, 11) is 0. The fourth-order valence-corrected chi connectivity index (χ4v) is 5.80. The molecule has 2 aliphatic rings. The maximum absolute atomic E-state index is 13.3. The van der Waals surface area contributed by atoms with Gasteiger partial charge in [0, 0.05) is 11.4 Å². The Labute approximate surface area is 172 Å². The van der Waals surface area contributed by atoms with E-state index >= 15 is 0 Å². The summed E-state index contributed by atoms with van der Waals surface area (Å²) in [6, 6.07) is 7.19. The molecule has 1 heterocycles. The lowest BCUT2D eigenvalue weighted by atomic mass is 9.88. The largest absolute Gasteiger partial charge is 0.464 e. The lowest BCUT2D eigenvalue weighted by Gasteiger charge is -2.35. The van der Waals surface area contributed by atoms with Gasteiger partial charge >= 0.3 is 12.0 Å². The summed E-state index contributed by atoms with van der Waals surface area (Å²) in [5.41, 5.74) is 1.93. The Kier molecular flexibility index (Phi) is 7.65. The van der Waals surface area contributed by atoms with Crippen LogP contribution in [0.3, 0.4) is 0 Å². The molecule has 0 unspecified atom stereocenters. The van der Waals surface area contributed by atoms with Crippen LogP contribution < -0.4 is 5.32 Å². The standard InChI is InChI=1S/C22H32N2O3S/c1-3-14-27-21(25)19-15-28-20(17-11-6-5-7-12-17)24(19)22(26)23-18-13-9-8-10-16(18)4-2/h8-10,13,17,19-20H,3-7,11-12,14-15H2,1-2H3,(H,23,26)/t19-,20-/m1/s1. The topological polar surface area (TPSA) is 58.6 Å². The predicted octanol–water partition coefficient (Wildman–Crippen LogP) is 5.06. The zero-order valence-corrected chi connectivity index (χ0v) is 17.8. The molecule has 3 rings (SSSR count). The fraction of sp³-hybridized carbons (Fsp3) is 0.636. The number of hydrogen-bond donors (Lipinski definition) is 1. The van der Waals surface area contributed by atoms with Crippen molar-refractivity contribution < 1.29 is 14.3 Å². The first-order valence-electron chi connectivity index (χ1n) is 10.6. The van der Waals surface area contributed by atoms with Crippen molar-refractivity contribution in [2.24, 2.45) is 5.92 Å². The van der Waals surface area contributed by atoms with Crippen molar-refractivity contribution in [3.05, 3.63) is 29.8 Å². The maximum Gasteiger partial charge on any atom is 0.329 e. The van der Waals surface area contributed by atoms with E-state index in [0.29, 0.717) is 18.3 Å². The number of urea groups is 1. The average Bonchev–Trinajstić information content (AvgIpc) is 3.18. The third-order valence-corrected chi connectivity index (χ3v) is 7.14. The molecule has 1 N–H and O–H groups in total. The third-order valence-electron chi connectivity index (χ3n) is 5.68. The number of rotatable bonds is 6. The molecule has 1 saturated heterocycles. The van der Waals surface area contributed by atoms with Gasteiger partial charge in [-0.3, -0.25) is 4.90 Å². The molecule has 0 radical (unpaired) electrons. The highest BCUT2D eigenvalue weighted by Gasteiger charge is 2.45. The summed E-state index contributed by atoms with van der Waals surface area (Å²) >= 11 is 1.74.